The minimum Gasteiger partial charge on any atom is -0.393 e. The lowest BCUT2D eigenvalue weighted by Crippen LogP contribution is -2.42. The lowest BCUT2D eigenvalue weighted by molar-refractivity contribution is 0.000624. The van der Waals surface area contributed by atoms with Crippen molar-refractivity contribution in [1.29, 1.82) is 0 Å². The van der Waals surface area contributed by atoms with Gasteiger partial charge < -0.3 is 14.9 Å². The SMILES string of the molecule is CC1CC(C)C(CN2CCC(N(C)C)C2)C(O)C1. The summed E-state index contributed by atoms with van der Waals surface area (Å²) in [6, 6.07) is 0.708. The molecule has 18 heavy (non-hydrogen) atoms. The Hall–Kier alpha value is -0.120. The first-order valence-corrected chi connectivity index (χ1v) is 7.54. The van der Waals surface area contributed by atoms with Crippen LogP contribution in [0.25, 0.3) is 0 Å². The van der Waals surface area contributed by atoms with Gasteiger partial charge in [-0.25, -0.2) is 0 Å². The molecular weight excluding hydrogens is 224 g/mol. The lowest BCUT2D eigenvalue weighted by atomic mass is 9.73. The molecule has 1 saturated carbocycles. The molecule has 1 saturated heterocycles. The van der Waals surface area contributed by atoms with Crippen molar-refractivity contribution in [3.8, 4) is 0 Å². The molecule has 1 N–H and O–H groups in total. The molecule has 0 spiro atoms. The summed E-state index contributed by atoms with van der Waals surface area (Å²) in [5.41, 5.74) is 0. The highest BCUT2D eigenvalue weighted by molar-refractivity contribution is 4.88. The summed E-state index contributed by atoms with van der Waals surface area (Å²) >= 11 is 0. The molecule has 0 aromatic heterocycles. The number of rotatable bonds is 3. The van der Waals surface area contributed by atoms with Crippen LogP contribution in [0.4, 0.5) is 0 Å². The van der Waals surface area contributed by atoms with Gasteiger partial charge >= 0.3 is 0 Å². The van der Waals surface area contributed by atoms with Crippen molar-refractivity contribution in [2.45, 2.75) is 45.3 Å². The van der Waals surface area contributed by atoms with Gasteiger partial charge in [0, 0.05) is 25.0 Å². The highest BCUT2D eigenvalue weighted by atomic mass is 16.3. The van der Waals surface area contributed by atoms with E-state index in [0.29, 0.717) is 23.8 Å². The summed E-state index contributed by atoms with van der Waals surface area (Å²) in [6.45, 7) is 8.07. The first kappa shape index (κ1) is 14.3. The Morgan fingerprint density at radius 3 is 2.50 bits per heavy atom. The van der Waals surface area contributed by atoms with Crippen LogP contribution in [0.5, 0.6) is 0 Å². The second kappa shape index (κ2) is 5.89. The van der Waals surface area contributed by atoms with Gasteiger partial charge in [0.2, 0.25) is 0 Å². The monoisotopic (exact) mass is 254 g/mol. The molecule has 2 aliphatic rings. The van der Waals surface area contributed by atoms with Gasteiger partial charge in [0.25, 0.3) is 0 Å². The molecule has 1 aliphatic heterocycles. The Labute approximate surface area is 112 Å². The van der Waals surface area contributed by atoms with E-state index in [1.165, 1.54) is 25.9 Å². The average Bonchev–Trinajstić information content (AvgIpc) is 2.71. The summed E-state index contributed by atoms with van der Waals surface area (Å²) < 4.78 is 0. The van der Waals surface area contributed by atoms with Gasteiger partial charge in [0.15, 0.2) is 0 Å². The third kappa shape index (κ3) is 3.25. The quantitative estimate of drug-likeness (QED) is 0.830. The fourth-order valence-electron chi connectivity index (χ4n) is 3.87. The zero-order valence-electron chi connectivity index (χ0n) is 12.5. The Balaban J connectivity index is 1.86. The maximum Gasteiger partial charge on any atom is 0.0585 e. The van der Waals surface area contributed by atoms with Crippen LogP contribution in [0.2, 0.25) is 0 Å². The van der Waals surface area contributed by atoms with Gasteiger partial charge in [-0.1, -0.05) is 13.8 Å². The summed E-state index contributed by atoms with van der Waals surface area (Å²) in [4.78, 5) is 4.90. The van der Waals surface area contributed by atoms with Crippen LogP contribution in [0, 0.1) is 17.8 Å². The van der Waals surface area contributed by atoms with Crippen molar-refractivity contribution in [3.63, 3.8) is 0 Å². The number of likely N-dealkylation sites (tertiary alicyclic amines) is 1. The Morgan fingerprint density at radius 1 is 1.22 bits per heavy atom. The van der Waals surface area contributed by atoms with Gasteiger partial charge in [0.1, 0.15) is 0 Å². The second-order valence-corrected chi connectivity index (χ2v) is 6.95. The molecule has 3 nitrogen and oxygen atoms in total. The van der Waals surface area contributed by atoms with Crippen molar-refractivity contribution in [1.82, 2.24) is 9.80 Å². The molecule has 0 aromatic carbocycles. The topological polar surface area (TPSA) is 26.7 Å². The third-order valence-corrected chi connectivity index (χ3v) is 5.09. The molecule has 0 radical (unpaired) electrons. The minimum absolute atomic E-state index is 0.0813. The zero-order valence-corrected chi connectivity index (χ0v) is 12.5. The van der Waals surface area contributed by atoms with Gasteiger partial charge in [-0.15, -0.1) is 0 Å². The molecule has 0 bridgehead atoms. The van der Waals surface area contributed by atoms with E-state index in [1.54, 1.807) is 0 Å². The van der Waals surface area contributed by atoms with Crippen LogP contribution >= 0.6 is 0 Å². The van der Waals surface area contributed by atoms with Crippen LogP contribution < -0.4 is 0 Å². The normalized spacial score (nSPS) is 42.7. The molecule has 2 rings (SSSR count). The number of hydrogen-bond donors (Lipinski definition) is 1. The van der Waals surface area contributed by atoms with Crippen molar-refractivity contribution >= 4 is 0 Å². The summed E-state index contributed by atoms with van der Waals surface area (Å²) in [5.74, 6) is 1.85. The van der Waals surface area contributed by atoms with Crippen LogP contribution in [0.3, 0.4) is 0 Å². The summed E-state index contributed by atoms with van der Waals surface area (Å²) in [5, 5.41) is 10.3. The first-order chi connectivity index (χ1) is 8.47. The number of aliphatic hydroxyl groups excluding tert-OH is 1. The predicted molar refractivity (Wildman–Crippen MR) is 75.6 cm³/mol. The number of likely N-dealkylation sites (N-methyl/N-ethyl adjacent to an activating group) is 1. The lowest BCUT2D eigenvalue weighted by Gasteiger charge is -2.39. The Bertz CT molecular complexity index is 257. The summed E-state index contributed by atoms with van der Waals surface area (Å²) in [7, 11) is 4.35. The van der Waals surface area contributed by atoms with Crippen LogP contribution in [-0.4, -0.2) is 60.8 Å². The standard InChI is InChI=1S/C15H30N2O/c1-11-7-12(2)14(15(18)8-11)10-17-6-5-13(9-17)16(3)4/h11-15,18H,5-10H2,1-4H3. The molecule has 1 heterocycles. The van der Waals surface area contributed by atoms with E-state index >= 15 is 0 Å². The highest BCUT2D eigenvalue weighted by Crippen LogP contribution is 2.34. The highest BCUT2D eigenvalue weighted by Gasteiger charge is 2.35. The molecule has 106 valence electrons. The van der Waals surface area contributed by atoms with Crippen LogP contribution in [-0.2, 0) is 0 Å². The van der Waals surface area contributed by atoms with E-state index < -0.39 is 0 Å². The van der Waals surface area contributed by atoms with Crippen LogP contribution in [0.15, 0.2) is 0 Å². The fraction of sp³-hybridized carbons (Fsp3) is 1.00. The minimum atomic E-state index is -0.0813. The molecule has 0 amide bonds. The number of hydrogen-bond acceptors (Lipinski definition) is 3. The molecule has 5 atom stereocenters. The molecular formula is C15H30N2O. The van der Waals surface area contributed by atoms with Gasteiger partial charge in [-0.2, -0.15) is 0 Å². The van der Waals surface area contributed by atoms with E-state index in [4.69, 9.17) is 0 Å². The predicted octanol–water partition coefficient (Wildman–Crippen LogP) is 1.67. The van der Waals surface area contributed by atoms with Gasteiger partial charge in [-0.3, -0.25) is 0 Å². The molecule has 5 unspecified atom stereocenters. The Kier molecular flexibility index (Phi) is 4.68. The van der Waals surface area contributed by atoms with E-state index in [1.807, 2.05) is 0 Å². The van der Waals surface area contributed by atoms with E-state index in [9.17, 15) is 5.11 Å². The third-order valence-electron chi connectivity index (χ3n) is 5.09. The van der Waals surface area contributed by atoms with Gasteiger partial charge in [-0.05, 0) is 51.7 Å². The molecule has 1 aliphatic carbocycles. The molecule has 2 fully saturated rings. The van der Waals surface area contributed by atoms with E-state index in [-0.39, 0.29) is 6.10 Å². The van der Waals surface area contributed by atoms with Crippen molar-refractivity contribution in [3.05, 3.63) is 0 Å². The smallest absolute Gasteiger partial charge is 0.0585 e. The zero-order chi connectivity index (χ0) is 13.3. The van der Waals surface area contributed by atoms with Gasteiger partial charge in [0.05, 0.1) is 6.10 Å². The average molecular weight is 254 g/mol. The van der Waals surface area contributed by atoms with Crippen molar-refractivity contribution < 1.29 is 5.11 Å². The van der Waals surface area contributed by atoms with E-state index in [0.717, 1.165) is 13.0 Å². The fourth-order valence-corrected chi connectivity index (χ4v) is 3.87. The summed E-state index contributed by atoms with van der Waals surface area (Å²) in [6.07, 6.45) is 3.48. The number of nitrogens with zero attached hydrogens (tertiary/aromatic N) is 2. The van der Waals surface area contributed by atoms with E-state index in [2.05, 4.69) is 37.7 Å². The maximum absolute atomic E-state index is 10.3. The first-order valence-electron chi connectivity index (χ1n) is 7.54. The second-order valence-electron chi connectivity index (χ2n) is 6.95. The number of aliphatic hydroxyl groups is 1. The molecule has 3 heteroatoms. The van der Waals surface area contributed by atoms with Crippen molar-refractivity contribution in [2.75, 3.05) is 33.7 Å². The maximum atomic E-state index is 10.3. The largest absolute Gasteiger partial charge is 0.393 e. The molecule has 0 aromatic rings. The van der Waals surface area contributed by atoms with Crippen LogP contribution in [0.1, 0.15) is 33.1 Å². The van der Waals surface area contributed by atoms with Crippen molar-refractivity contribution in [2.24, 2.45) is 17.8 Å². The Morgan fingerprint density at radius 2 is 1.94 bits per heavy atom.